The van der Waals surface area contributed by atoms with Gasteiger partial charge in [0.15, 0.2) is 0 Å². The normalized spacial score (nSPS) is 10.3. The van der Waals surface area contributed by atoms with Crippen molar-refractivity contribution in [1.82, 2.24) is 9.97 Å². The van der Waals surface area contributed by atoms with Crippen molar-refractivity contribution < 1.29 is 4.74 Å². The van der Waals surface area contributed by atoms with E-state index in [2.05, 4.69) is 41.2 Å². The molecule has 94 valence electrons. The van der Waals surface area contributed by atoms with E-state index in [0.29, 0.717) is 12.5 Å². The molecule has 0 aliphatic rings. The van der Waals surface area contributed by atoms with Crippen molar-refractivity contribution in [2.24, 2.45) is 0 Å². The number of nitrogens with zero attached hydrogens (tertiary/aromatic N) is 2. The predicted octanol–water partition coefficient (Wildman–Crippen LogP) is 2.64. The van der Waals surface area contributed by atoms with Crippen LogP contribution in [0.25, 0.3) is 0 Å². The monoisotopic (exact) mass is 263 g/mol. The fourth-order valence-corrected chi connectivity index (χ4v) is 1.70. The molecule has 4 nitrogen and oxygen atoms in total. The molecular formula is C13H14ClN3O. The van der Waals surface area contributed by atoms with Crippen LogP contribution < -0.4 is 10.5 Å². The molecule has 0 bridgehead atoms. The average molecular weight is 264 g/mol. The Balaban J connectivity index is 1.90. The smallest absolute Gasteiger partial charge is 0.224 e. The topological polar surface area (TPSA) is 61.0 Å². The van der Waals surface area contributed by atoms with E-state index < -0.39 is 0 Å². The van der Waals surface area contributed by atoms with Crippen LogP contribution in [0.15, 0.2) is 30.3 Å². The number of benzene rings is 1. The first kappa shape index (κ1) is 12.6. The zero-order chi connectivity index (χ0) is 13.0. The summed E-state index contributed by atoms with van der Waals surface area (Å²) in [6.45, 7) is 2.59. The van der Waals surface area contributed by atoms with Gasteiger partial charge in [-0.15, -0.1) is 0 Å². The summed E-state index contributed by atoms with van der Waals surface area (Å²) in [5, 5.41) is 0.285. The van der Waals surface area contributed by atoms with Crippen molar-refractivity contribution in [2.45, 2.75) is 13.3 Å². The highest BCUT2D eigenvalue weighted by molar-refractivity contribution is 6.29. The molecule has 1 aromatic heterocycles. The highest BCUT2D eigenvalue weighted by atomic mass is 35.5. The van der Waals surface area contributed by atoms with Gasteiger partial charge in [-0.2, -0.15) is 4.98 Å². The maximum atomic E-state index is 5.75. The third-order valence-corrected chi connectivity index (χ3v) is 2.64. The summed E-state index contributed by atoms with van der Waals surface area (Å²) in [4.78, 5) is 7.70. The Hall–Kier alpha value is -1.81. The summed E-state index contributed by atoms with van der Waals surface area (Å²) in [5.74, 6) is 0.521. The summed E-state index contributed by atoms with van der Waals surface area (Å²) in [6, 6.07) is 9.87. The van der Waals surface area contributed by atoms with E-state index in [1.165, 1.54) is 11.1 Å². The number of nitrogen functional groups attached to an aromatic ring is 1. The van der Waals surface area contributed by atoms with E-state index in [1.54, 1.807) is 6.07 Å². The quantitative estimate of drug-likeness (QED) is 0.862. The van der Waals surface area contributed by atoms with Crippen molar-refractivity contribution in [2.75, 3.05) is 12.3 Å². The Bertz CT molecular complexity index is 508. The number of hydrogen-bond donors (Lipinski definition) is 1. The number of aryl methyl sites for hydroxylation is 1. The van der Waals surface area contributed by atoms with E-state index >= 15 is 0 Å². The highest BCUT2D eigenvalue weighted by Gasteiger charge is 2.01. The Morgan fingerprint density at radius 2 is 1.94 bits per heavy atom. The number of halogens is 1. The van der Waals surface area contributed by atoms with Gasteiger partial charge >= 0.3 is 0 Å². The molecule has 0 radical (unpaired) electrons. The van der Waals surface area contributed by atoms with E-state index in [1.807, 2.05) is 0 Å². The summed E-state index contributed by atoms with van der Waals surface area (Å²) in [6.07, 6.45) is 0.807. The van der Waals surface area contributed by atoms with Gasteiger partial charge < -0.3 is 10.5 Å². The van der Waals surface area contributed by atoms with Crippen LogP contribution in [0.3, 0.4) is 0 Å². The third kappa shape index (κ3) is 3.60. The molecular weight excluding hydrogens is 250 g/mol. The molecule has 5 heteroatoms. The molecule has 2 N–H and O–H groups in total. The highest BCUT2D eigenvalue weighted by Crippen LogP contribution is 2.14. The van der Waals surface area contributed by atoms with Gasteiger partial charge in [0.1, 0.15) is 5.15 Å². The van der Waals surface area contributed by atoms with Crippen molar-refractivity contribution in [1.29, 1.82) is 0 Å². The summed E-state index contributed by atoms with van der Waals surface area (Å²) in [7, 11) is 0. The zero-order valence-corrected chi connectivity index (χ0v) is 10.8. The number of anilines is 1. The lowest BCUT2D eigenvalue weighted by atomic mass is 10.1. The molecule has 2 rings (SSSR count). The van der Waals surface area contributed by atoms with Crippen LogP contribution >= 0.6 is 11.6 Å². The van der Waals surface area contributed by atoms with E-state index in [4.69, 9.17) is 22.1 Å². The Kier molecular flexibility index (Phi) is 3.99. The number of rotatable bonds is 4. The van der Waals surface area contributed by atoms with Crippen LogP contribution in [0.1, 0.15) is 11.1 Å². The first-order chi connectivity index (χ1) is 8.63. The lowest BCUT2D eigenvalue weighted by Gasteiger charge is -2.06. The number of ether oxygens (including phenoxy) is 1. The van der Waals surface area contributed by atoms with Crippen LogP contribution in [0.2, 0.25) is 5.15 Å². The van der Waals surface area contributed by atoms with Crippen molar-refractivity contribution >= 4 is 17.5 Å². The van der Waals surface area contributed by atoms with E-state index in [-0.39, 0.29) is 11.1 Å². The first-order valence-electron chi connectivity index (χ1n) is 5.62. The fourth-order valence-electron chi connectivity index (χ4n) is 1.52. The van der Waals surface area contributed by atoms with Crippen LogP contribution in [0.4, 0.5) is 5.95 Å². The van der Waals surface area contributed by atoms with Crippen molar-refractivity contribution in [3.05, 3.63) is 46.6 Å². The molecule has 1 heterocycles. The minimum absolute atomic E-state index is 0.118. The van der Waals surface area contributed by atoms with Gasteiger partial charge in [-0.1, -0.05) is 41.4 Å². The van der Waals surface area contributed by atoms with Gasteiger partial charge in [0.05, 0.1) is 6.61 Å². The van der Waals surface area contributed by atoms with Gasteiger partial charge in [-0.05, 0) is 12.5 Å². The van der Waals surface area contributed by atoms with Crippen molar-refractivity contribution in [3.8, 4) is 5.88 Å². The summed E-state index contributed by atoms with van der Waals surface area (Å²) in [5.41, 5.74) is 7.93. The maximum absolute atomic E-state index is 5.75. The summed E-state index contributed by atoms with van der Waals surface area (Å²) < 4.78 is 5.49. The molecule has 1 aromatic carbocycles. The fraction of sp³-hybridized carbons (Fsp3) is 0.231. The van der Waals surface area contributed by atoms with Gasteiger partial charge in [-0.3, -0.25) is 0 Å². The van der Waals surface area contributed by atoms with E-state index in [0.717, 1.165) is 6.42 Å². The van der Waals surface area contributed by atoms with Crippen LogP contribution in [-0.2, 0) is 6.42 Å². The van der Waals surface area contributed by atoms with Gasteiger partial charge in [0, 0.05) is 12.5 Å². The minimum atomic E-state index is 0.118. The average Bonchev–Trinajstić information content (AvgIpc) is 2.30. The molecule has 0 unspecified atom stereocenters. The molecule has 2 aromatic rings. The number of hydrogen-bond acceptors (Lipinski definition) is 4. The molecule has 0 aliphatic heterocycles. The first-order valence-corrected chi connectivity index (χ1v) is 6.00. The molecule has 18 heavy (non-hydrogen) atoms. The molecule has 0 saturated carbocycles. The number of nitrogens with two attached hydrogens (primary N) is 1. The van der Waals surface area contributed by atoms with E-state index in [9.17, 15) is 0 Å². The minimum Gasteiger partial charge on any atom is -0.477 e. The van der Waals surface area contributed by atoms with Gasteiger partial charge in [0.25, 0.3) is 0 Å². The lowest BCUT2D eigenvalue weighted by molar-refractivity contribution is 0.309. The second kappa shape index (κ2) is 5.69. The molecule has 0 saturated heterocycles. The maximum Gasteiger partial charge on any atom is 0.224 e. The Morgan fingerprint density at radius 1 is 1.22 bits per heavy atom. The van der Waals surface area contributed by atoms with Crippen LogP contribution in [0, 0.1) is 6.92 Å². The standard InChI is InChI=1S/C13H14ClN3O/c1-9-2-4-10(5-3-9)6-7-18-12-8-11(14)16-13(15)17-12/h2-5,8H,6-7H2,1H3,(H2,15,16,17). The van der Waals surface area contributed by atoms with Gasteiger partial charge in [0.2, 0.25) is 11.8 Å². The van der Waals surface area contributed by atoms with Gasteiger partial charge in [-0.25, -0.2) is 4.98 Å². The second-order valence-electron chi connectivity index (χ2n) is 3.97. The second-order valence-corrected chi connectivity index (χ2v) is 4.36. The molecule has 0 atom stereocenters. The SMILES string of the molecule is Cc1ccc(CCOc2cc(Cl)nc(N)n2)cc1. The molecule has 0 fully saturated rings. The molecule has 0 amide bonds. The number of aromatic nitrogens is 2. The largest absolute Gasteiger partial charge is 0.477 e. The zero-order valence-electron chi connectivity index (χ0n) is 10.1. The molecule has 0 aliphatic carbocycles. The predicted molar refractivity (Wildman–Crippen MR) is 71.8 cm³/mol. The summed E-state index contributed by atoms with van der Waals surface area (Å²) >= 11 is 5.75. The van der Waals surface area contributed by atoms with Crippen molar-refractivity contribution in [3.63, 3.8) is 0 Å². The lowest BCUT2D eigenvalue weighted by Crippen LogP contribution is -2.04. The third-order valence-electron chi connectivity index (χ3n) is 2.45. The Labute approximate surface area is 111 Å². The van der Waals surface area contributed by atoms with Crippen LogP contribution in [-0.4, -0.2) is 16.6 Å². The molecule has 0 spiro atoms. The Morgan fingerprint density at radius 3 is 2.61 bits per heavy atom. The van der Waals surface area contributed by atoms with Crippen LogP contribution in [0.5, 0.6) is 5.88 Å².